The lowest BCUT2D eigenvalue weighted by Gasteiger charge is -2.26. The van der Waals surface area contributed by atoms with E-state index in [2.05, 4.69) is 10.5 Å². The first-order valence-electron chi connectivity index (χ1n) is 6.11. The van der Waals surface area contributed by atoms with Crippen LogP contribution in [0.3, 0.4) is 0 Å². The molecule has 1 fully saturated rings. The van der Waals surface area contributed by atoms with Crippen molar-refractivity contribution in [3.8, 4) is 0 Å². The standard InChI is InChI=1S/C12H18N2O3/c15-11(10-5-8-14-17-10)13-9-12(16)6-3-1-2-4-7-12/h5,8,16H,1-4,6-7,9H2,(H,13,15). The second kappa shape index (κ2) is 5.31. The molecule has 0 aromatic carbocycles. The maximum atomic E-state index is 11.6. The quantitative estimate of drug-likeness (QED) is 0.782. The zero-order chi connectivity index (χ0) is 12.1. The number of nitrogens with zero attached hydrogens (tertiary/aromatic N) is 1. The van der Waals surface area contributed by atoms with Gasteiger partial charge in [0.15, 0.2) is 0 Å². The maximum absolute atomic E-state index is 11.6. The molecule has 0 radical (unpaired) electrons. The molecule has 0 aliphatic heterocycles. The minimum atomic E-state index is -0.758. The predicted octanol–water partition coefficient (Wildman–Crippen LogP) is 1.49. The van der Waals surface area contributed by atoms with E-state index in [4.69, 9.17) is 4.52 Å². The van der Waals surface area contributed by atoms with Crippen LogP contribution in [0.2, 0.25) is 0 Å². The third-order valence-corrected chi connectivity index (χ3v) is 3.27. The smallest absolute Gasteiger partial charge is 0.289 e. The number of amides is 1. The van der Waals surface area contributed by atoms with Gasteiger partial charge in [0.05, 0.1) is 11.8 Å². The fourth-order valence-corrected chi connectivity index (χ4v) is 2.23. The van der Waals surface area contributed by atoms with Crippen molar-refractivity contribution in [2.45, 2.75) is 44.1 Å². The molecule has 5 heteroatoms. The van der Waals surface area contributed by atoms with E-state index in [0.717, 1.165) is 25.7 Å². The highest BCUT2D eigenvalue weighted by atomic mass is 16.5. The van der Waals surface area contributed by atoms with Gasteiger partial charge in [0.25, 0.3) is 5.91 Å². The molecule has 0 saturated heterocycles. The van der Waals surface area contributed by atoms with Gasteiger partial charge in [-0.05, 0) is 12.8 Å². The van der Waals surface area contributed by atoms with Crippen molar-refractivity contribution in [1.29, 1.82) is 0 Å². The molecular weight excluding hydrogens is 220 g/mol. The molecule has 17 heavy (non-hydrogen) atoms. The molecule has 0 atom stereocenters. The van der Waals surface area contributed by atoms with Crippen molar-refractivity contribution in [1.82, 2.24) is 10.5 Å². The third kappa shape index (κ3) is 3.30. The zero-order valence-corrected chi connectivity index (χ0v) is 9.82. The van der Waals surface area contributed by atoms with Crippen molar-refractivity contribution < 1.29 is 14.4 Å². The van der Waals surface area contributed by atoms with Crippen LogP contribution in [0, 0.1) is 0 Å². The SMILES string of the molecule is O=C(NCC1(O)CCCCCC1)c1ccno1. The van der Waals surface area contributed by atoms with Gasteiger partial charge in [-0.15, -0.1) is 0 Å². The van der Waals surface area contributed by atoms with Gasteiger partial charge in [0, 0.05) is 12.6 Å². The van der Waals surface area contributed by atoms with Gasteiger partial charge in [0.2, 0.25) is 5.76 Å². The molecule has 2 N–H and O–H groups in total. The minimum absolute atomic E-state index is 0.183. The van der Waals surface area contributed by atoms with Crippen LogP contribution in [0.5, 0.6) is 0 Å². The van der Waals surface area contributed by atoms with Gasteiger partial charge in [-0.3, -0.25) is 4.79 Å². The van der Waals surface area contributed by atoms with E-state index in [9.17, 15) is 9.90 Å². The van der Waals surface area contributed by atoms with Gasteiger partial charge >= 0.3 is 0 Å². The number of hydrogen-bond acceptors (Lipinski definition) is 4. The molecule has 2 rings (SSSR count). The van der Waals surface area contributed by atoms with Crippen molar-refractivity contribution in [2.24, 2.45) is 0 Å². The molecule has 1 aliphatic rings. The summed E-state index contributed by atoms with van der Waals surface area (Å²) in [6.45, 7) is 0.284. The molecule has 1 heterocycles. The van der Waals surface area contributed by atoms with Crippen molar-refractivity contribution in [3.63, 3.8) is 0 Å². The van der Waals surface area contributed by atoms with Crippen LogP contribution in [0.25, 0.3) is 0 Å². The third-order valence-electron chi connectivity index (χ3n) is 3.27. The second-order valence-electron chi connectivity index (χ2n) is 4.70. The van der Waals surface area contributed by atoms with Crippen LogP contribution in [-0.4, -0.2) is 28.3 Å². The Kier molecular flexibility index (Phi) is 3.78. The first kappa shape index (κ1) is 12.1. The van der Waals surface area contributed by atoms with Gasteiger partial charge in [-0.2, -0.15) is 0 Å². The molecule has 94 valence electrons. The maximum Gasteiger partial charge on any atom is 0.289 e. The fourth-order valence-electron chi connectivity index (χ4n) is 2.23. The summed E-state index contributed by atoms with van der Waals surface area (Å²) in [5.74, 6) is -0.137. The average molecular weight is 238 g/mol. The summed E-state index contributed by atoms with van der Waals surface area (Å²) < 4.78 is 4.75. The lowest BCUT2D eigenvalue weighted by Crippen LogP contribution is -2.42. The highest BCUT2D eigenvalue weighted by molar-refractivity contribution is 5.91. The van der Waals surface area contributed by atoms with Crippen LogP contribution >= 0.6 is 0 Å². The molecule has 0 spiro atoms. The Morgan fingerprint density at radius 1 is 1.41 bits per heavy atom. The summed E-state index contributed by atoms with van der Waals surface area (Å²) in [4.78, 5) is 11.6. The number of rotatable bonds is 3. The molecule has 1 aliphatic carbocycles. The highest BCUT2D eigenvalue weighted by Crippen LogP contribution is 2.26. The zero-order valence-electron chi connectivity index (χ0n) is 9.82. The Hall–Kier alpha value is -1.36. The van der Waals surface area contributed by atoms with E-state index in [1.54, 1.807) is 0 Å². The molecule has 1 aromatic heterocycles. The van der Waals surface area contributed by atoms with Gasteiger partial charge in [-0.25, -0.2) is 0 Å². The lowest BCUT2D eigenvalue weighted by molar-refractivity contribution is 0.0242. The second-order valence-corrected chi connectivity index (χ2v) is 4.70. The average Bonchev–Trinajstić information content (AvgIpc) is 2.77. The van der Waals surface area contributed by atoms with Crippen molar-refractivity contribution in [3.05, 3.63) is 18.0 Å². The fraction of sp³-hybridized carbons (Fsp3) is 0.667. The normalized spacial score (nSPS) is 19.6. The molecule has 1 amide bonds. The summed E-state index contributed by atoms with van der Waals surface area (Å²) >= 11 is 0. The van der Waals surface area contributed by atoms with Gasteiger partial charge < -0.3 is 14.9 Å². The largest absolute Gasteiger partial charge is 0.388 e. The lowest BCUT2D eigenvalue weighted by atomic mass is 9.94. The first-order chi connectivity index (χ1) is 8.20. The van der Waals surface area contributed by atoms with Crippen LogP contribution in [0.4, 0.5) is 0 Å². The van der Waals surface area contributed by atoms with E-state index < -0.39 is 5.60 Å². The monoisotopic (exact) mass is 238 g/mol. The Bertz CT molecular complexity index is 354. The van der Waals surface area contributed by atoms with Crippen LogP contribution in [0.15, 0.2) is 16.8 Å². The summed E-state index contributed by atoms with van der Waals surface area (Å²) in [7, 11) is 0. The molecule has 5 nitrogen and oxygen atoms in total. The Morgan fingerprint density at radius 2 is 2.12 bits per heavy atom. The van der Waals surface area contributed by atoms with E-state index in [-0.39, 0.29) is 18.2 Å². The number of carbonyl (C=O) groups is 1. The Labute approximate surface area is 100 Å². The topological polar surface area (TPSA) is 75.4 Å². The number of aliphatic hydroxyl groups is 1. The molecular formula is C12H18N2O3. The summed E-state index contributed by atoms with van der Waals surface area (Å²) in [5, 5.41) is 16.5. The minimum Gasteiger partial charge on any atom is -0.388 e. The summed E-state index contributed by atoms with van der Waals surface area (Å²) in [5.41, 5.74) is -0.758. The van der Waals surface area contributed by atoms with Crippen molar-refractivity contribution in [2.75, 3.05) is 6.54 Å². The Morgan fingerprint density at radius 3 is 2.71 bits per heavy atom. The number of nitrogens with one attached hydrogen (secondary N) is 1. The first-order valence-corrected chi connectivity index (χ1v) is 6.11. The van der Waals surface area contributed by atoms with Gasteiger partial charge in [-0.1, -0.05) is 30.8 Å². The molecule has 0 unspecified atom stereocenters. The number of hydrogen-bond donors (Lipinski definition) is 2. The number of carbonyl (C=O) groups excluding carboxylic acids is 1. The van der Waals surface area contributed by atoms with Crippen LogP contribution in [0.1, 0.15) is 49.1 Å². The summed E-state index contributed by atoms with van der Waals surface area (Å²) in [6, 6.07) is 1.51. The molecule has 1 aromatic rings. The van der Waals surface area contributed by atoms with E-state index in [0.29, 0.717) is 0 Å². The van der Waals surface area contributed by atoms with E-state index in [1.165, 1.54) is 25.1 Å². The van der Waals surface area contributed by atoms with Gasteiger partial charge in [0.1, 0.15) is 0 Å². The predicted molar refractivity (Wildman–Crippen MR) is 61.5 cm³/mol. The Balaban J connectivity index is 1.86. The van der Waals surface area contributed by atoms with E-state index in [1.807, 2.05) is 0 Å². The molecule has 0 bridgehead atoms. The van der Waals surface area contributed by atoms with Crippen LogP contribution < -0.4 is 5.32 Å². The highest BCUT2D eigenvalue weighted by Gasteiger charge is 2.28. The summed E-state index contributed by atoms with van der Waals surface area (Å²) in [6.07, 6.45) is 7.31. The molecule has 1 saturated carbocycles. The van der Waals surface area contributed by atoms with Crippen LogP contribution in [-0.2, 0) is 0 Å². The van der Waals surface area contributed by atoms with E-state index >= 15 is 0 Å². The van der Waals surface area contributed by atoms with Crippen molar-refractivity contribution >= 4 is 5.91 Å². The number of aromatic nitrogens is 1.